The minimum atomic E-state index is -3.44. The highest BCUT2D eigenvalue weighted by Gasteiger charge is 2.22. The number of hydrogen-bond donors (Lipinski definition) is 2. The average Bonchev–Trinajstić information content (AvgIpc) is 2.60. The van der Waals surface area contributed by atoms with Crippen molar-refractivity contribution in [2.75, 3.05) is 19.6 Å². The fraction of sp³-hybridized carbons (Fsp3) is 0.632. The molecule has 0 heterocycles. The Kier molecular flexibility index (Phi) is 8.24. The number of benzene rings is 1. The Bertz CT molecular complexity index is 680. The SMILES string of the molecule is CCN(CC)S(=O)(=O)c1ccc([C@H](C)NCC(=O)NC(C)(C)CC)cc1. The summed E-state index contributed by atoms with van der Waals surface area (Å²) in [5, 5.41) is 6.16. The van der Waals surface area contributed by atoms with E-state index in [0.717, 1.165) is 12.0 Å². The van der Waals surface area contributed by atoms with E-state index in [4.69, 9.17) is 0 Å². The van der Waals surface area contributed by atoms with Crippen molar-refractivity contribution in [2.24, 2.45) is 0 Å². The summed E-state index contributed by atoms with van der Waals surface area (Å²) in [6.45, 7) is 12.7. The number of rotatable bonds is 10. The summed E-state index contributed by atoms with van der Waals surface area (Å²) in [6.07, 6.45) is 0.858. The van der Waals surface area contributed by atoms with Gasteiger partial charge in [-0.2, -0.15) is 4.31 Å². The lowest BCUT2D eigenvalue weighted by molar-refractivity contribution is -0.122. The second-order valence-corrected chi connectivity index (χ2v) is 8.98. The van der Waals surface area contributed by atoms with Crippen molar-refractivity contribution in [1.82, 2.24) is 14.9 Å². The van der Waals surface area contributed by atoms with Crippen LogP contribution in [-0.2, 0) is 14.8 Å². The molecule has 0 aliphatic carbocycles. The highest BCUT2D eigenvalue weighted by atomic mass is 32.2. The van der Waals surface area contributed by atoms with Gasteiger partial charge < -0.3 is 10.6 Å². The van der Waals surface area contributed by atoms with Crippen LogP contribution in [0.25, 0.3) is 0 Å². The second kappa shape index (κ2) is 9.48. The molecule has 0 aromatic heterocycles. The van der Waals surface area contributed by atoms with E-state index < -0.39 is 10.0 Å². The summed E-state index contributed by atoms with van der Waals surface area (Å²) in [5.74, 6) is -0.0515. The normalized spacial score (nSPS) is 13.7. The van der Waals surface area contributed by atoms with Gasteiger partial charge >= 0.3 is 0 Å². The quantitative estimate of drug-likeness (QED) is 0.651. The fourth-order valence-electron chi connectivity index (χ4n) is 2.51. The zero-order valence-electron chi connectivity index (χ0n) is 16.8. The highest BCUT2D eigenvalue weighted by molar-refractivity contribution is 7.89. The lowest BCUT2D eigenvalue weighted by Gasteiger charge is -2.25. The highest BCUT2D eigenvalue weighted by Crippen LogP contribution is 2.19. The standard InChI is InChI=1S/C19H33N3O3S/c1-7-19(5,6)21-18(23)14-20-15(4)16-10-12-17(13-11-16)26(24,25)22(8-2)9-3/h10-13,15,20H,7-9,14H2,1-6H3,(H,21,23)/t15-/m0/s1. The van der Waals surface area contributed by atoms with Crippen LogP contribution in [0.4, 0.5) is 0 Å². The van der Waals surface area contributed by atoms with Crippen LogP contribution in [0.1, 0.15) is 59.6 Å². The van der Waals surface area contributed by atoms with Gasteiger partial charge in [0.25, 0.3) is 0 Å². The van der Waals surface area contributed by atoms with Crippen LogP contribution in [0.15, 0.2) is 29.2 Å². The van der Waals surface area contributed by atoms with Crippen molar-refractivity contribution in [3.05, 3.63) is 29.8 Å². The molecule has 1 atom stereocenters. The lowest BCUT2D eigenvalue weighted by Crippen LogP contribution is -2.46. The molecule has 26 heavy (non-hydrogen) atoms. The van der Waals surface area contributed by atoms with Gasteiger partial charge in [0.15, 0.2) is 0 Å². The topological polar surface area (TPSA) is 78.5 Å². The van der Waals surface area contributed by atoms with E-state index in [1.54, 1.807) is 24.3 Å². The molecule has 0 unspecified atom stereocenters. The molecule has 1 aromatic rings. The first kappa shape index (κ1) is 22.6. The molecule has 0 aliphatic rings. The van der Waals surface area contributed by atoms with E-state index in [-0.39, 0.29) is 24.0 Å². The molecule has 1 aromatic carbocycles. The number of carbonyl (C=O) groups is 1. The summed E-state index contributed by atoms with van der Waals surface area (Å²) in [7, 11) is -3.44. The lowest BCUT2D eigenvalue weighted by atomic mass is 10.0. The molecular weight excluding hydrogens is 350 g/mol. The Morgan fingerprint density at radius 1 is 1.12 bits per heavy atom. The Labute approximate surface area is 158 Å². The Morgan fingerprint density at radius 2 is 1.65 bits per heavy atom. The van der Waals surface area contributed by atoms with Gasteiger partial charge in [-0.1, -0.05) is 32.9 Å². The first-order chi connectivity index (χ1) is 12.1. The van der Waals surface area contributed by atoms with Gasteiger partial charge in [-0.15, -0.1) is 0 Å². The summed E-state index contributed by atoms with van der Waals surface area (Å²) in [6, 6.07) is 6.78. The van der Waals surface area contributed by atoms with Crippen LogP contribution < -0.4 is 10.6 Å². The van der Waals surface area contributed by atoms with Crippen molar-refractivity contribution < 1.29 is 13.2 Å². The molecule has 0 saturated carbocycles. The van der Waals surface area contributed by atoms with E-state index in [1.165, 1.54) is 4.31 Å². The van der Waals surface area contributed by atoms with Crippen LogP contribution >= 0.6 is 0 Å². The smallest absolute Gasteiger partial charge is 0.243 e. The van der Waals surface area contributed by atoms with Gasteiger partial charge in [0.1, 0.15) is 0 Å². The number of hydrogen-bond acceptors (Lipinski definition) is 4. The number of nitrogens with one attached hydrogen (secondary N) is 2. The average molecular weight is 384 g/mol. The number of sulfonamides is 1. The van der Waals surface area contributed by atoms with E-state index in [2.05, 4.69) is 10.6 Å². The van der Waals surface area contributed by atoms with Crippen molar-refractivity contribution in [2.45, 2.75) is 64.4 Å². The molecular formula is C19H33N3O3S. The van der Waals surface area contributed by atoms with Crippen molar-refractivity contribution in [3.63, 3.8) is 0 Å². The molecule has 1 rings (SSSR count). The Hall–Kier alpha value is -1.44. The molecule has 1 amide bonds. The van der Waals surface area contributed by atoms with E-state index in [1.807, 2.05) is 41.5 Å². The predicted octanol–water partition coefficient (Wildman–Crippen LogP) is 2.67. The zero-order valence-corrected chi connectivity index (χ0v) is 17.6. The number of carbonyl (C=O) groups excluding carboxylic acids is 1. The summed E-state index contributed by atoms with van der Waals surface area (Å²) >= 11 is 0. The molecule has 2 N–H and O–H groups in total. The molecule has 148 valence electrons. The molecule has 0 saturated heterocycles. The third-order valence-corrected chi connectivity index (χ3v) is 6.72. The summed E-state index contributed by atoms with van der Waals surface area (Å²) in [5.41, 5.74) is 0.716. The largest absolute Gasteiger partial charge is 0.350 e. The summed E-state index contributed by atoms with van der Waals surface area (Å²) in [4.78, 5) is 12.3. The van der Waals surface area contributed by atoms with Gasteiger partial charge in [-0.25, -0.2) is 8.42 Å². The van der Waals surface area contributed by atoms with Gasteiger partial charge in [-0.3, -0.25) is 4.79 Å². The monoisotopic (exact) mass is 383 g/mol. The first-order valence-electron chi connectivity index (χ1n) is 9.21. The minimum Gasteiger partial charge on any atom is -0.350 e. The second-order valence-electron chi connectivity index (χ2n) is 7.05. The van der Waals surface area contributed by atoms with Crippen molar-refractivity contribution in [3.8, 4) is 0 Å². The minimum absolute atomic E-state index is 0.0515. The maximum Gasteiger partial charge on any atom is 0.243 e. The Balaban J connectivity index is 2.72. The van der Waals surface area contributed by atoms with Crippen LogP contribution in [0, 0.1) is 0 Å². The molecule has 0 bridgehead atoms. The van der Waals surface area contributed by atoms with Crippen LogP contribution in [0.2, 0.25) is 0 Å². The number of amides is 1. The molecule has 6 nitrogen and oxygen atoms in total. The van der Waals surface area contributed by atoms with E-state index in [9.17, 15) is 13.2 Å². The Morgan fingerprint density at radius 3 is 2.12 bits per heavy atom. The van der Waals surface area contributed by atoms with E-state index in [0.29, 0.717) is 18.0 Å². The molecule has 0 aliphatic heterocycles. The fourth-order valence-corrected chi connectivity index (χ4v) is 3.97. The van der Waals surface area contributed by atoms with Crippen molar-refractivity contribution in [1.29, 1.82) is 0 Å². The molecule has 0 radical (unpaired) electrons. The maximum atomic E-state index is 12.5. The van der Waals surface area contributed by atoms with Crippen LogP contribution in [-0.4, -0.2) is 43.8 Å². The molecule has 0 spiro atoms. The number of nitrogens with zero attached hydrogens (tertiary/aromatic N) is 1. The molecule has 7 heteroatoms. The third-order valence-electron chi connectivity index (χ3n) is 4.65. The van der Waals surface area contributed by atoms with E-state index >= 15 is 0 Å². The van der Waals surface area contributed by atoms with Gasteiger partial charge in [0, 0.05) is 24.7 Å². The summed E-state index contributed by atoms with van der Waals surface area (Å²) < 4.78 is 26.5. The predicted molar refractivity (Wildman–Crippen MR) is 105 cm³/mol. The first-order valence-corrected chi connectivity index (χ1v) is 10.7. The molecule has 0 fully saturated rings. The zero-order chi connectivity index (χ0) is 20.0. The third kappa shape index (κ3) is 6.07. The van der Waals surface area contributed by atoms with Crippen molar-refractivity contribution >= 4 is 15.9 Å². The van der Waals surface area contributed by atoms with Gasteiger partial charge in [0.05, 0.1) is 11.4 Å². The van der Waals surface area contributed by atoms with Crippen LogP contribution in [0.3, 0.4) is 0 Å². The van der Waals surface area contributed by atoms with Crippen LogP contribution in [0.5, 0.6) is 0 Å². The van der Waals surface area contributed by atoms with Gasteiger partial charge in [0.2, 0.25) is 15.9 Å². The maximum absolute atomic E-state index is 12.5. The van der Waals surface area contributed by atoms with Gasteiger partial charge in [-0.05, 0) is 44.9 Å².